The molecule has 21 heavy (non-hydrogen) atoms. The van der Waals surface area contributed by atoms with E-state index < -0.39 is 4.92 Å². The van der Waals surface area contributed by atoms with Crippen LogP contribution in [-0.2, 0) is 11.2 Å². The second-order valence-corrected chi connectivity index (χ2v) is 4.12. The molecule has 8 nitrogen and oxygen atoms in total. The predicted molar refractivity (Wildman–Crippen MR) is 75.2 cm³/mol. The molecule has 0 aliphatic carbocycles. The molecule has 0 aliphatic heterocycles. The molecule has 2 aromatic rings. The van der Waals surface area contributed by atoms with E-state index >= 15 is 0 Å². The Morgan fingerprint density at radius 3 is 2.95 bits per heavy atom. The first-order chi connectivity index (χ1) is 10.2. The number of aromatic nitrogens is 3. The molecule has 108 valence electrons. The molecular weight excluding hydrogens is 274 g/mol. The summed E-state index contributed by atoms with van der Waals surface area (Å²) in [5.74, 6) is 0.352. The highest BCUT2D eigenvalue weighted by Crippen LogP contribution is 2.18. The molecule has 1 aromatic carbocycles. The normalized spacial score (nSPS) is 10.7. The predicted octanol–water partition coefficient (Wildman–Crippen LogP) is 1.08. The first kappa shape index (κ1) is 14.4. The monoisotopic (exact) mass is 287 g/mol. The highest BCUT2D eigenvalue weighted by Gasteiger charge is 2.09. The molecule has 1 amide bonds. The molecule has 0 saturated carbocycles. The molecule has 0 aliphatic rings. The lowest BCUT2D eigenvalue weighted by Gasteiger charge is -2.00. The number of nitrogens with one attached hydrogen (secondary N) is 2. The number of carbonyl (C=O) groups is 1. The van der Waals surface area contributed by atoms with Crippen molar-refractivity contribution < 1.29 is 9.72 Å². The molecule has 0 saturated heterocycles. The Morgan fingerprint density at radius 1 is 1.43 bits per heavy atom. The smallest absolute Gasteiger partial charge is 0.276 e. The van der Waals surface area contributed by atoms with E-state index in [1.165, 1.54) is 24.5 Å². The number of H-pyrrole nitrogens is 1. The van der Waals surface area contributed by atoms with Crippen LogP contribution in [-0.4, -0.2) is 32.6 Å². The summed E-state index contributed by atoms with van der Waals surface area (Å²) in [6, 6.07) is 6.22. The zero-order chi connectivity index (χ0) is 15.1. The molecule has 0 bridgehead atoms. The van der Waals surface area contributed by atoms with Gasteiger partial charge in [-0.15, -0.1) is 0 Å². The van der Waals surface area contributed by atoms with Gasteiger partial charge in [-0.05, 0) is 12.1 Å². The number of nitrogens with zero attached hydrogens (tertiary/aromatic N) is 3. The van der Waals surface area contributed by atoms with Gasteiger partial charge in [0.25, 0.3) is 5.69 Å². The van der Waals surface area contributed by atoms with Crippen molar-refractivity contribution in [3.8, 4) is 0 Å². The summed E-state index contributed by atoms with van der Waals surface area (Å²) in [6.45, 7) is 0.398. The third-order valence-corrected chi connectivity index (χ3v) is 2.67. The lowest BCUT2D eigenvalue weighted by atomic mass is 10.1. The van der Waals surface area contributed by atoms with E-state index in [2.05, 4.69) is 20.5 Å². The van der Waals surface area contributed by atoms with Crippen LogP contribution in [0.4, 0.5) is 5.69 Å². The van der Waals surface area contributed by atoms with Crippen LogP contribution in [0.2, 0.25) is 0 Å². The van der Waals surface area contributed by atoms with Crippen LogP contribution in [0.25, 0.3) is 6.08 Å². The van der Waals surface area contributed by atoms with Crippen molar-refractivity contribution in [2.75, 3.05) is 6.54 Å². The maximum atomic E-state index is 11.6. The zero-order valence-electron chi connectivity index (χ0n) is 11.0. The first-order valence-electron chi connectivity index (χ1n) is 6.20. The van der Waals surface area contributed by atoms with Crippen LogP contribution >= 0.6 is 0 Å². The fourth-order valence-electron chi connectivity index (χ4n) is 1.67. The van der Waals surface area contributed by atoms with E-state index in [1.54, 1.807) is 18.2 Å². The molecule has 0 fully saturated rings. The van der Waals surface area contributed by atoms with Crippen molar-refractivity contribution in [2.24, 2.45) is 0 Å². The Labute approximate surface area is 120 Å². The number of carbonyl (C=O) groups excluding carboxylic acids is 1. The average molecular weight is 287 g/mol. The minimum Gasteiger partial charge on any atom is -0.352 e. The SMILES string of the molecule is O=C(C=Cc1ccccc1[N+](=O)[O-])NCCc1ncn[nH]1. The number of benzene rings is 1. The number of hydrogen-bond donors (Lipinski definition) is 2. The van der Waals surface area contributed by atoms with Crippen molar-refractivity contribution in [3.63, 3.8) is 0 Å². The summed E-state index contributed by atoms with van der Waals surface area (Å²) < 4.78 is 0. The van der Waals surface area contributed by atoms with Crippen LogP contribution in [0.5, 0.6) is 0 Å². The standard InChI is InChI=1S/C13H13N5O3/c19-13(14-8-7-12-15-9-16-17-12)6-5-10-3-1-2-4-11(10)18(20)21/h1-6,9H,7-8H2,(H,14,19)(H,15,16,17). The fourth-order valence-corrected chi connectivity index (χ4v) is 1.67. The van der Waals surface area contributed by atoms with Crippen LogP contribution in [0.3, 0.4) is 0 Å². The Kier molecular flexibility index (Phi) is 4.75. The Bertz CT molecular complexity index is 652. The van der Waals surface area contributed by atoms with Gasteiger partial charge in [0.05, 0.1) is 10.5 Å². The lowest BCUT2D eigenvalue weighted by molar-refractivity contribution is -0.385. The molecule has 2 N–H and O–H groups in total. The van der Waals surface area contributed by atoms with Gasteiger partial charge in [-0.1, -0.05) is 12.1 Å². The second kappa shape index (κ2) is 6.94. The van der Waals surface area contributed by atoms with Gasteiger partial charge in [0.1, 0.15) is 12.2 Å². The van der Waals surface area contributed by atoms with Crippen molar-refractivity contribution in [1.82, 2.24) is 20.5 Å². The second-order valence-electron chi connectivity index (χ2n) is 4.12. The third-order valence-electron chi connectivity index (χ3n) is 2.67. The topological polar surface area (TPSA) is 114 Å². The van der Waals surface area contributed by atoms with Crippen LogP contribution in [0, 0.1) is 10.1 Å². The van der Waals surface area contributed by atoms with Crippen molar-refractivity contribution in [2.45, 2.75) is 6.42 Å². The molecule has 1 aromatic heterocycles. The van der Waals surface area contributed by atoms with Crippen molar-refractivity contribution in [1.29, 1.82) is 0 Å². The largest absolute Gasteiger partial charge is 0.352 e. The number of rotatable bonds is 6. The van der Waals surface area contributed by atoms with Gasteiger partial charge in [0, 0.05) is 25.1 Å². The lowest BCUT2D eigenvalue weighted by Crippen LogP contribution is -2.23. The Morgan fingerprint density at radius 2 is 2.24 bits per heavy atom. The van der Waals surface area contributed by atoms with E-state index in [9.17, 15) is 14.9 Å². The number of aromatic amines is 1. The third kappa shape index (κ3) is 4.23. The summed E-state index contributed by atoms with van der Waals surface area (Å²) in [7, 11) is 0. The van der Waals surface area contributed by atoms with Crippen LogP contribution in [0.15, 0.2) is 36.7 Å². The first-order valence-corrected chi connectivity index (χ1v) is 6.20. The van der Waals surface area contributed by atoms with Crippen molar-refractivity contribution >= 4 is 17.7 Å². The van der Waals surface area contributed by atoms with Gasteiger partial charge in [0.2, 0.25) is 5.91 Å². The summed E-state index contributed by atoms with van der Waals surface area (Å²) in [4.78, 5) is 25.9. The van der Waals surface area contributed by atoms with E-state index in [0.717, 1.165) is 0 Å². The zero-order valence-corrected chi connectivity index (χ0v) is 11.0. The molecule has 0 unspecified atom stereocenters. The van der Waals surface area contributed by atoms with Gasteiger partial charge in [-0.3, -0.25) is 20.0 Å². The molecule has 1 heterocycles. The number of nitro groups is 1. The minimum absolute atomic E-state index is 0.0387. The van der Waals surface area contributed by atoms with E-state index in [4.69, 9.17) is 0 Å². The van der Waals surface area contributed by atoms with Crippen LogP contribution in [0.1, 0.15) is 11.4 Å². The molecular formula is C13H13N5O3. The summed E-state index contributed by atoms with van der Waals surface area (Å²) >= 11 is 0. The average Bonchev–Trinajstić information content (AvgIpc) is 2.98. The van der Waals surface area contributed by atoms with Crippen molar-refractivity contribution in [3.05, 3.63) is 58.2 Å². The molecule has 0 atom stereocenters. The van der Waals surface area contributed by atoms with E-state index in [0.29, 0.717) is 24.4 Å². The highest BCUT2D eigenvalue weighted by atomic mass is 16.6. The summed E-state index contributed by atoms with van der Waals surface area (Å²) in [5, 5.41) is 19.9. The Hall–Kier alpha value is -3.03. The molecule has 8 heteroatoms. The maximum Gasteiger partial charge on any atom is 0.276 e. The van der Waals surface area contributed by atoms with Gasteiger partial charge in [-0.25, -0.2) is 4.98 Å². The van der Waals surface area contributed by atoms with Gasteiger partial charge in [0.15, 0.2) is 0 Å². The van der Waals surface area contributed by atoms with E-state index in [-0.39, 0.29) is 11.6 Å². The molecule has 2 rings (SSSR count). The maximum absolute atomic E-state index is 11.6. The van der Waals surface area contributed by atoms with Gasteiger partial charge >= 0.3 is 0 Å². The van der Waals surface area contributed by atoms with Gasteiger partial charge in [-0.2, -0.15) is 5.10 Å². The number of hydrogen-bond acceptors (Lipinski definition) is 5. The molecule has 0 spiro atoms. The summed E-state index contributed by atoms with van der Waals surface area (Å²) in [6.07, 6.45) is 4.61. The van der Waals surface area contributed by atoms with E-state index in [1.807, 2.05) is 0 Å². The number of nitro benzene ring substituents is 1. The summed E-state index contributed by atoms with van der Waals surface area (Å²) in [5.41, 5.74) is 0.344. The van der Waals surface area contributed by atoms with Crippen LogP contribution < -0.4 is 5.32 Å². The van der Waals surface area contributed by atoms with Gasteiger partial charge < -0.3 is 5.32 Å². The Balaban J connectivity index is 1.89. The highest BCUT2D eigenvalue weighted by molar-refractivity contribution is 5.92. The number of amides is 1. The fraction of sp³-hybridized carbons (Fsp3) is 0.154. The number of para-hydroxylation sites is 1. The minimum atomic E-state index is -0.485. The molecule has 0 radical (unpaired) electrons. The quantitative estimate of drug-likeness (QED) is 0.469.